The van der Waals surface area contributed by atoms with Gasteiger partial charge in [-0.1, -0.05) is 35.2 Å². The van der Waals surface area contributed by atoms with Crippen molar-refractivity contribution in [1.29, 1.82) is 0 Å². The average molecular weight is 260 g/mol. The fourth-order valence-corrected chi connectivity index (χ4v) is 3.03. The molecular weight excluding hydrogens is 242 g/mol. The summed E-state index contributed by atoms with van der Waals surface area (Å²) in [6, 6.07) is 0.452. The average Bonchev–Trinajstić information content (AvgIpc) is 2.78. The van der Waals surface area contributed by atoms with Gasteiger partial charge in [0.1, 0.15) is 0 Å². The Morgan fingerprint density at radius 2 is 1.93 bits per heavy atom. The quantitative estimate of drug-likeness (QED) is 0.760. The van der Waals surface area contributed by atoms with E-state index >= 15 is 0 Å². The number of hydrogen-bond acceptors (Lipinski definition) is 1. The van der Waals surface area contributed by atoms with Crippen LogP contribution < -0.4 is 5.32 Å². The first-order valence-electron chi connectivity index (χ1n) is 5.58. The Morgan fingerprint density at radius 1 is 1.36 bits per heavy atom. The van der Waals surface area contributed by atoms with E-state index in [1.54, 1.807) is 0 Å². The monoisotopic (exact) mass is 259 g/mol. The molecule has 1 N–H and O–H groups in total. The van der Waals surface area contributed by atoms with Gasteiger partial charge >= 0.3 is 0 Å². The second-order valence-corrected chi connectivity index (χ2v) is 6.00. The van der Waals surface area contributed by atoms with Crippen molar-refractivity contribution < 1.29 is 4.79 Å². The fourth-order valence-electron chi connectivity index (χ4n) is 2.15. The minimum atomic E-state index is -0.114. The first-order valence-corrected chi connectivity index (χ1v) is 6.49. The maximum absolute atomic E-state index is 11.9. The molecule has 14 heavy (non-hydrogen) atoms. The molecule has 0 heterocycles. The molecule has 2 saturated carbocycles. The summed E-state index contributed by atoms with van der Waals surface area (Å²) in [7, 11) is 0. The predicted molar refractivity (Wildman–Crippen MR) is 60.5 cm³/mol. The summed E-state index contributed by atoms with van der Waals surface area (Å²) in [5.74, 6) is 0.256. The fraction of sp³-hybridized carbons (Fsp3) is 0.909. The van der Waals surface area contributed by atoms with Crippen molar-refractivity contribution in [2.75, 3.05) is 0 Å². The highest BCUT2D eigenvalue weighted by atomic mass is 79.9. The second-order valence-electron chi connectivity index (χ2n) is 4.90. The third kappa shape index (κ3) is 1.97. The molecule has 1 amide bonds. The number of hydrogen-bond donors (Lipinski definition) is 1. The highest BCUT2D eigenvalue weighted by Gasteiger charge is 2.54. The van der Waals surface area contributed by atoms with E-state index in [2.05, 4.69) is 21.2 Å². The van der Waals surface area contributed by atoms with E-state index < -0.39 is 0 Å². The second kappa shape index (κ2) is 3.84. The Morgan fingerprint density at radius 3 is 2.43 bits per heavy atom. The van der Waals surface area contributed by atoms with Crippen molar-refractivity contribution in [3.05, 3.63) is 0 Å². The summed E-state index contributed by atoms with van der Waals surface area (Å²) in [6.45, 7) is 2.05. The van der Waals surface area contributed by atoms with Gasteiger partial charge in [-0.15, -0.1) is 0 Å². The van der Waals surface area contributed by atoms with Crippen LogP contribution in [0.3, 0.4) is 0 Å². The van der Waals surface area contributed by atoms with Crippen LogP contribution in [0.5, 0.6) is 0 Å². The van der Waals surface area contributed by atoms with Crippen LogP contribution in [0.25, 0.3) is 0 Å². The Kier molecular flexibility index (Phi) is 2.87. The maximum atomic E-state index is 11.9. The molecule has 0 unspecified atom stereocenters. The molecule has 2 aliphatic rings. The van der Waals surface area contributed by atoms with Crippen molar-refractivity contribution in [3.63, 3.8) is 0 Å². The van der Waals surface area contributed by atoms with Gasteiger partial charge in [-0.3, -0.25) is 4.79 Å². The molecule has 0 bridgehead atoms. The van der Waals surface area contributed by atoms with Gasteiger partial charge in [-0.25, -0.2) is 0 Å². The molecule has 80 valence electrons. The number of nitrogens with one attached hydrogen (secondary N) is 1. The van der Waals surface area contributed by atoms with Gasteiger partial charge in [0.05, 0.1) is 5.41 Å². The van der Waals surface area contributed by atoms with Crippen LogP contribution in [0, 0.1) is 5.41 Å². The molecule has 0 radical (unpaired) electrons. The summed E-state index contributed by atoms with van der Waals surface area (Å²) in [5.41, 5.74) is -0.114. The molecule has 3 heteroatoms. The summed E-state index contributed by atoms with van der Waals surface area (Å²) in [5, 5.41) is 3.18. The normalized spacial score (nSPS) is 38.0. The van der Waals surface area contributed by atoms with Crippen LogP contribution in [-0.4, -0.2) is 16.8 Å². The Labute approximate surface area is 94.0 Å². The molecule has 0 aromatic heterocycles. The van der Waals surface area contributed by atoms with Gasteiger partial charge in [0.15, 0.2) is 0 Å². The summed E-state index contributed by atoms with van der Waals surface area (Å²) >= 11 is 3.51. The highest BCUT2D eigenvalue weighted by Crippen LogP contribution is 2.51. The van der Waals surface area contributed by atoms with Crippen LogP contribution in [0.15, 0.2) is 0 Å². The number of halogens is 1. The van der Waals surface area contributed by atoms with E-state index in [-0.39, 0.29) is 11.3 Å². The summed E-state index contributed by atoms with van der Waals surface area (Å²) in [6.07, 6.45) is 7.23. The van der Waals surface area contributed by atoms with Gasteiger partial charge in [-0.2, -0.15) is 0 Å². The Bertz CT molecular complexity index is 237. The first-order chi connectivity index (χ1) is 6.63. The van der Waals surface area contributed by atoms with E-state index in [1.807, 2.05) is 6.92 Å². The van der Waals surface area contributed by atoms with Crippen LogP contribution in [0.2, 0.25) is 0 Å². The lowest BCUT2D eigenvalue weighted by atomic mass is 9.95. The Balaban J connectivity index is 1.82. The van der Waals surface area contributed by atoms with Crippen molar-refractivity contribution in [2.24, 2.45) is 5.41 Å². The summed E-state index contributed by atoms with van der Waals surface area (Å²) < 4.78 is 0. The molecule has 0 saturated heterocycles. The smallest absolute Gasteiger partial charge is 0.227 e. The summed E-state index contributed by atoms with van der Waals surface area (Å²) in [4.78, 5) is 12.3. The van der Waals surface area contributed by atoms with Gasteiger partial charge in [0.25, 0.3) is 0 Å². The molecule has 2 atom stereocenters. The van der Waals surface area contributed by atoms with Crippen molar-refractivity contribution in [2.45, 2.75) is 56.3 Å². The molecule has 0 aliphatic heterocycles. The van der Waals surface area contributed by atoms with Crippen LogP contribution in [0.4, 0.5) is 0 Å². The topological polar surface area (TPSA) is 29.1 Å². The van der Waals surface area contributed by atoms with Crippen molar-refractivity contribution >= 4 is 21.8 Å². The van der Waals surface area contributed by atoms with Gasteiger partial charge < -0.3 is 5.32 Å². The lowest BCUT2D eigenvalue weighted by molar-refractivity contribution is -0.126. The van der Waals surface area contributed by atoms with E-state index in [0.717, 1.165) is 6.42 Å². The predicted octanol–water partition coefficient (Wildman–Crippen LogP) is 2.61. The third-order valence-electron chi connectivity index (χ3n) is 3.59. The van der Waals surface area contributed by atoms with Gasteiger partial charge in [0, 0.05) is 10.9 Å². The largest absolute Gasteiger partial charge is 0.353 e. The minimum Gasteiger partial charge on any atom is -0.353 e. The number of alkyl halides is 1. The highest BCUT2D eigenvalue weighted by molar-refractivity contribution is 9.09. The third-order valence-corrected chi connectivity index (χ3v) is 4.93. The lowest BCUT2D eigenvalue weighted by Crippen LogP contribution is -2.40. The molecule has 0 aromatic rings. The molecule has 2 rings (SSSR count). The number of amides is 1. The van der Waals surface area contributed by atoms with Crippen LogP contribution >= 0.6 is 15.9 Å². The van der Waals surface area contributed by atoms with E-state index in [4.69, 9.17) is 0 Å². The van der Waals surface area contributed by atoms with E-state index in [0.29, 0.717) is 10.9 Å². The molecule has 2 aliphatic carbocycles. The molecule has 0 spiro atoms. The first kappa shape index (κ1) is 10.5. The van der Waals surface area contributed by atoms with Crippen LogP contribution in [0.1, 0.15) is 45.4 Å². The molecular formula is C11H18BrNO. The molecule has 2 nitrogen and oxygen atoms in total. The maximum Gasteiger partial charge on any atom is 0.227 e. The number of rotatable bonds is 2. The Hall–Kier alpha value is -0.0500. The zero-order valence-corrected chi connectivity index (χ0v) is 10.3. The zero-order valence-electron chi connectivity index (χ0n) is 8.68. The molecule has 0 aromatic carbocycles. The van der Waals surface area contributed by atoms with E-state index in [9.17, 15) is 4.79 Å². The van der Waals surface area contributed by atoms with Gasteiger partial charge in [-0.05, 0) is 26.2 Å². The lowest BCUT2D eigenvalue weighted by Gasteiger charge is -2.24. The SMILES string of the molecule is C[C@@]1(C(=O)NC2CCCCC2)C[C@@H]1Br. The number of carbonyl (C=O) groups excluding carboxylic acids is 1. The minimum absolute atomic E-state index is 0.114. The van der Waals surface area contributed by atoms with Crippen LogP contribution in [-0.2, 0) is 4.79 Å². The number of carbonyl (C=O) groups is 1. The van der Waals surface area contributed by atoms with Crippen molar-refractivity contribution in [3.8, 4) is 0 Å². The zero-order chi connectivity index (χ0) is 10.2. The molecule has 2 fully saturated rings. The van der Waals surface area contributed by atoms with E-state index in [1.165, 1.54) is 32.1 Å². The van der Waals surface area contributed by atoms with Crippen molar-refractivity contribution in [1.82, 2.24) is 5.32 Å². The standard InChI is InChI=1S/C11H18BrNO/c1-11(7-9(11)12)10(14)13-8-5-3-2-4-6-8/h8-9H,2-7H2,1H3,(H,13,14)/t9-,11+/m0/s1. The van der Waals surface area contributed by atoms with Gasteiger partial charge in [0.2, 0.25) is 5.91 Å².